The van der Waals surface area contributed by atoms with Crippen molar-refractivity contribution in [3.05, 3.63) is 18.2 Å². The number of rotatable bonds is 2. The summed E-state index contributed by atoms with van der Waals surface area (Å²) < 4.78 is 2.07. The molecule has 1 saturated heterocycles. The van der Waals surface area contributed by atoms with Gasteiger partial charge in [-0.05, 0) is 12.8 Å². The standard InChI is InChI=1S/C9H16N4/c1-12-7-5-10-9(12)8-13-6-3-2-4-11-13/h5,7,11H,2-4,6,8H2,1H3. The molecule has 0 aromatic carbocycles. The van der Waals surface area contributed by atoms with Gasteiger partial charge in [0.15, 0.2) is 0 Å². The van der Waals surface area contributed by atoms with E-state index in [2.05, 4.69) is 20.0 Å². The van der Waals surface area contributed by atoms with E-state index in [1.807, 2.05) is 19.4 Å². The van der Waals surface area contributed by atoms with Gasteiger partial charge in [-0.3, -0.25) is 5.43 Å². The van der Waals surface area contributed by atoms with E-state index in [0.717, 1.165) is 25.5 Å². The molecule has 13 heavy (non-hydrogen) atoms. The van der Waals surface area contributed by atoms with E-state index in [1.165, 1.54) is 12.8 Å². The minimum absolute atomic E-state index is 0.906. The molecule has 4 nitrogen and oxygen atoms in total. The maximum Gasteiger partial charge on any atom is 0.124 e. The van der Waals surface area contributed by atoms with Crippen LogP contribution < -0.4 is 5.43 Å². The summed E-state index contributed by atoms with van der Waals surface area (Å²) in [6.45, 7) is 3.14. The van der Waals surface area contributed by atoms with Gasteiger partial charge >= 0.3 is 0 Å². The van der Waals surface area contributed by atoms with Crippen LogP contribution in [0.5, 0.6) is 0 Å². The highest BCUT2D eigenvalue weighted by molar-refractivity contribution is 4.90. The second-order valence-corrected chi connectivity index (χ2v) is 3.49. The summed E-state index contributed by atoms with van der Waals surface area (Å²) in [5, 5.41) is 2.24. The van der Waals surface area contributed by atoms with Crippen LogP contribution in [0.25, 0.3) is 0 Å². The first-order chi connectivity index (χ1) is 6.36. The zero-order valence-electron chi connectivity index (χ0n) is 8.03. The number of hydrogen-bond donors (Lipinski definition) is 1. The van der Waals surface area contributed by atoms with Crippen molar-refractivity contribution in [2.45, 2.75) is 19.4 Å². The van der Waals surface area contributed by atoms with Crippen LogP contribution in [0, 0.1) is 0 Å². The highest BCUT2D eigenvalue weighted by Crippen LogP contribution is 2.04. The highest BCUT2D eigenvalue weighted by Gasteiger charge is 2.11. The third-order valence-electron chi connectivity index (χ3n) is 2.44. The molecular formula is C9H16N4. The molecule has 0 spiro atoms. The number of nitrogens with one attached hydrogen (secondary N) is 1. The maximum absolute atomic E-state index is 4.29. The van der Waals surface area contributed by atoms with E-state index < -0.39 is 0 Å². The monoisotopic (exact) mass is 180 g/mol. The Morgan fingerprint density at radius 1 is 1.54 bits per heavy atom. The van der Waals surface area contributed by atoms with Crippen molar-refractivity contribution in [1.82, 2.24) is 20.0 Å². The van der Waals surface area contributed by atoms with Gasteiger partial charge in [-0.1, -0.05) is 0 Å². The Morgan fingerprint density at radius 2 is 2.46 bits per heavy atom. The third-order valence-corrected chi connectivity index (χ3v) is 2.44. The van der Waals surface area contributed by atoms with E-state index in [0.29, 0.717) is 0 Å². The van der Waals surface area contributed by atoms with Crippen molar-refractivity contribution < 1.29 is 0 Å². The quantitative estimate of drug-likeness (QED) is 0.720. The molecule has 0 bridgehead atoms. The fourth-order valence-corrected chi connectivity index (χ4v) is 1.60. The fraction of sp³-hybridized carbons (Fsp3) is 0.667. The first-order valence-electron chi connectivity index (χ1n) is 4.81. The first kappa shape index (κ1) is 8.72. The van der Waals surface area contributed by atoms with Gasteiger partial charge in [0.2, 0.25) is 0 Å². The molecule has 1 aliphatic heterocycles. The van der Waals surface area contributed by atoms with Gasteiger partial charge in [-0.15, -0.1) is 0 Å². The molecule has 2 heterocycles. The predicted molar refractivity (Wildman–Crippen MR) is 50.9 cm³/mol. The molecule has 0 atom stereocenters. The van der Waals surface area contributed by atoms with Crippen molar-refractivity contribution in [1.29, 1.82) is 0 Å². The smallest absolute Gasteiger partial charge is 0.124 e. The zero-order chi connectivity index (χ0) is 9.10. The maximum atomic E-state index is 4.29. The summed E-state index contributed by atoms with van der Waals surface area (Å²) in [5.41, 5.74) is 3.36. The van der Waals surface area contributed by atoms with E-state index in [-0.39, 0.29) is 0 Å². The summed E-state index contributed by atoms with van der Waals surface area (Å²) in [4.78, 5) is 4.29. The molecular weight excluding hydrogens is 164 g/mol. The number of aryl methyl sites for hydroxylation is 1. The van der Waals surface area contributed by atoms with Crippen LogP contribution in [-0.2, 0) is 13.6 Å². The van der Waals surface area contributed by atoms with Gasteiger partial charge in [0.1, 0.15) is 5.82 Å². The molecule has 1 N–H and O–H groups in total. The lowest BCUT2D eigenvalue weighted by Crippen LogP contribution is -2.42. The molecule has 0 unspecified atom stereocenters. The van der Waals surface area contributed by atoms with Crippen LogP contribution in [-0.4, -0.2) is 27.6 Å². The van der Waals surface area contributed by atoms with Gasteiger partial charge in [0.25, 0.3) is 0 Å². The molecule has 0 saturated carbocycles. The molecule has 0 amide bonds. The van der Waals surface area contributed by atoms with Crippen molar-refractivity contribution >= 4 is 0 Å². The van der Waals surface area contributed by atoms with E-state index in [9.17, 15) is 0 Å². The molecule has 0 aliphatic carbocycles. The fourth-order valence-electron chi connectivity index (χ4n) is 1.60. The van der Waals surface area contributed by atoms with Crippen LogP contribution >= 0.6 is 0 Å². The normalized spacial score (nSPS) is 19.2. The van der Waals surface area contributed by atoms with Gasteiger partial charge < -0.3 is 4.57 Å². The number of hydrazine groups is 1. The van der Waals surface area contributed by atoms with Crippen molar-refractivity contribution in [3.63, 3.8) is 0 Å². The number of nitrogens with zero attached hydrogens (tertiary/aromatic N) is 3. The lowest BCUT2D eigenvalue weighted by molar-refractivity contribution is 0.139. The minimum atomic E-state index is 0.906. The lowest BCUT2D eigenvalue weighted by atomic mass is 10.2. The van der Waals surface area contributed by atoms with Crippen LogP contribution in [0.2, 0.25) is 0 Å². The Labute approximate surface area is 78.5 Å². The first-order valence-corrected chi connectivity index (χ1v) is 4.81. The Morgan fingerprint density at radius 3 is 3.08 bits per heavy atom. The molecule has 1 aromatic heterocycles. The van der Waals surface area contributed by atoms with Crippen LogP contribution in [0.1, 0.15) is 18.7 Å². The average molecular weight is 180 g/mol. The van der Waals surface area contributed by atoms with Crippen molar-refractivity contribution in [3.8, 4) is 0 Å². The van der Waals surface area contributed by atoms with Gasteiger partial charge in [-0.2, -0.15) is 0 Å². The predicted octanol–water partition coefficient (Wildman–Crippen LogP) is 0.520. The van der Waals surface area contributed by atoms with E-state index >= 15 is 0 Å². The van der Waals surface area contributed by atoms with Crippen LogP contribution in [0.4, 0.5) is 0 Å². The highest BCUT2D eigenvalue weighted by atomic mass is 15.5. The topological polar surface area (TPSA) is 33.1 Å². The molecule has 1 aliphatic rings. The average Bonchev–Trinajstić information content (AvgIpc) is 2.54. The summed E-state index contributed by atoms with van der Waals surface area (Å²) in [7, 11) is 2.03. The number of aromatic nitrogens is 2. The zero-order valence-corrected chi connectivity index (χ0v) is 8.03. The molecule has 72 valence electrons. The minimum Gasteiger partial charge on any atom is -0.337 e. The molecule has 4 heteroatoms. The molecule has 1 fully saturated rings. The Bertz CT molecular complexity index is 262. The van der Waals surface area contributed by atoms with Crippen LogP contribution in [0.3, 0.4) is 0 Å². The van der Waals surface area contributed by atoms with E-state index in [1.54, 1.807) is 0 Å². The Kier molecular flexibility index (Phi) is 2.61. The van der Waals surface area contributed by atoms with Gasteiger partial charge in [0, 0.05) is 32.5 Å². The van der Waals surface area contributed by atoms with Crippen LogP contribution in [0.15, 0.2) is 12.4 Å². The second-order valence-electron chi connectivity index (χ2n) is 3.49. The number of imidazole rings is 1. The second kappa shape index (κ2) is 3.89. The Balaban J connectivity index is 1.93. The Hall–Kier alpha value is -0.870. The lowest BCUT2D eigenvalue weighted by Gasteiger charge is -2.27. The van der Waals surface area contributed by atoms with Crippen molar-refractivity contribution in [2.75, 3.05) is 13.1 Å². The summed E-state index contributed by atoms with van der Waals surface area (Å²) in [5.74, 6) is 1.12. The summed E-state index contributed by atoms with van der Waals surface area (Å²) in [6.07, 6.45) is 6.41. The van der Waals surface area contributed by atoms with Gasteiger partial charge in [-0.25, -0.2) is 9.99 Å². The van der Waals surface area contributed by atoms with E-state index in [4.69, 9.17) is 0 Å². The SMILES string of the molecule is Cn1ccnc1CN1CCCCN1. The third kappa shape index (κ3) is 2.08. The summed E-state index contributed by atoms with van der Waals surface area (Å²) in [6, 6.07) is 0. The molecule has 1 aromatic rings. The van der Waals surface area contributed by atoms with Crippen molar-refractivity contribution in [2.24, 2.45) is 7.05 Å². The summed E-state index contributed by atoms with van der Waals surface area (Å²) >= 11 is 0. The number of hydrogen-bond acceptors (Lipinski definition) is 3. The van der Waals surface area contributed by atoms with Gasteiger partial charge in [0.05, 0.1) is 6.54 Å². The largest absolute Gasteiger partial charge is 0.337 e. The molecule has 0 radical (unpaired) electrons. The molecule has 2 rings (SSSR count).